The average Bonchev–Trinajstić information content (AvgIpc) is 2.39. The fraction of sp³-hybridized carbons (Fsp3) is 0.467. The van der Waals surface area contributed by atoms with Crippen molar-refractivity contribution < 1.29 is 9.59 Å². The highest BCUT2D eigenvalue weighted by Crippen LogP contribution is 2.29. The summed E-state index contributed by atoms with van der Waals surface area (Å²) in [6, 6.07) is 5.87. The van der Waals surface area contributed by atoms with Crippen LogP contribution in [0.4, 0.5) is 5.69 Å². The number of hydrogen-bond donors (Lipinski definition) is 0. The van der Waals surface area contributed by atoms with Crippen LogP contribution in [-0.4, -0.2) is 18.2 Å². The van der Waals surface area contributed by atoms with Crippen molar-refractivity contribution in [1.82, 2.24) is 0 Å². The van der Waals surface area contributed by atoms with E-state index in [2.05, 4.69) is 15.9 Å². The summed E-state index contributed by atoms with van der Waals surface area (Å²) in [5.74, 6) is -0.421. The number of amides is 1. The van der Waals surface area contributed by atoms with Crippen LogP contribution in [0.2, 0.25) is 0 Å². The van der Waals surface area contributed by atoms with Crippen molar-refractivity contribution >= 4 is 33.3 Å². The number of anilines is 1. The first-order chi connectivity index (χ1) is 9.04. The number of nitrogens with zero attached hydrogens (tertiary/aromatic N) is 1. The number of ketones is 1. The van der Waals surface area contributed by atoms with Crippen molar-refractivity contribution in [2.24, 2.45) is 5.92 Å². The molecule has 0 radical (unpaired) electrons. The third-order valence-corrected chi connectivity index (χ3v) is 4.12. The van der Waals surface area contributed by atoms with E-state index in [0.717, 1.165) is 22.1 Å². The van der Waals surface area contributed by atoms with Crippen LogP contribution >= 0.6 is 15.9 Å². The van der Waals surface area contributed by atoms with Crippen molar-refractivity contribution in [1.29, 1.82) is 0 Å². The largest absolute Gasteiger partial charge is 0.312 e. The Morgan fingerprint density at radius 1 is 1.47 bits per heavy atom. The smallest absolute Gasteiger partial charge is 0.237 e. The highest BCUT2D eigenvalue weighted by molar-refractivity contribution is 9.10. The summed E-state index contributed by atoms with van der Waals surface area (Å²) in [6.07, 6.45) is 2.01. The van der Waals surface area contributed by atoms with Crippen LogP contribution in [0.25, 0.3) is 0 Å². The predicted octanol–water partition coefficient (Wildman–Crippen LogP) is 3.48. The average molecular weight is 324 g/mol. The Morgan fingerprint density at radius 3 is 2.84 bits per heavy atom. The van der Waals surface area contributed by atoms with Gasteiger partial charge in [-0.15, -0.1) is 0 Å². The van der Waals surface area contributed by atoms with Crippen molar-refractivity contribution in [3.8, 4) is 0 Å². The van der Waals surface area contributed by atoms with Gasteiger partial charge in [-0.3, -0.25) is 9.59 Å². The van der Waals surface area contributed by atoms with Crippen LogP contribution in [0, 0.1) is 12.8 Å². The van der Waals surface area contributed by atoms with Gasteiger partial charge in [0.1, 0.15) is 5.78 Å². The van der Waals surface area contributed by atoms with Crippen LogP contribution in [-0.2, 0) is 9.59 Å². The van der Waals surface area contributed by atoms with E-state index >= 15 is 0 Å². The molecule has 1 aliphatic rings. The van der Waals surface area contributed by atoms with Gasteiger partial charge >= 0.3 is 0 Å². The summed E-state index contributed by atoms with van der Waals surface area (Å²) in [5.41, 5.74) is 1.97. The van der Waals surface area contributed by atoms with Gasteiger partial charge in [-0.05, 0) is 43.5 Å². The van der Waals surface area contributed by atoms with Gasteiger partial charge < -0.3 is 4.90 Å². The van der Waals surface area contributed by atoms with E-state index in [0.29, 0.717) is 19.4 Å². The molecule has 19 heavy (non-hydrogen) atoms. The van der Waals surface area contributed by atoms with Gasteiger partial charge in [-0.2, -0.15) is 0 Å². The topological polar surface area (TPSA) is 37.4 Å². The second-order valence-corrected chi connectivity index (χ2v) is 5.85. The molecule has 0 spiro atoms. The van der Waals surface area contributed by atoms with E-state index in [1.54, 1.807) is 4.90 Å². The van der Waals surface area contributed by atoms with E-state index in [1.165, 1.54) is 0 Å². The number of benzene rings is 1. The third-order valence-electron chi connectivity index (χ3n) is 3.63. The lowest BCUT2D eigenvalue weighted by atomic mass is 9.91. The van der Waals surface area contributed by atoms with Gasteiger partial charge in [-0.25, -0.2) is 0 Å². The molecule has 3 nitrogen and oxygen atoms in total. The van der Waals surface area contributed by atoms with Crippen LogP contribution in [0.3, 0.4) is 0 Å². The normalized spacial score (nSPS) is 19.6. The lowest BCUT2D eigenvalue weighted by molar-refractivity contribution is -0.133. The number of carbonyl (C=O) groups excluding carboxylic acids is 2. The zero-order valence-electron chi connectivity index (χ0n) is 11.3. The summed E-state index contributed by atoms with van der Waals surface area (Å²) in [7, 11) is 0. The minimum atomic E-state index is -0.443. The molecule has 1 atom stereocenters. The maximum absolute atomic E-state index is 12.5. The first-order valence-corrected chi connectivity index (χ1v) is 7.44. The zero-order valence-corrected chi connectivity index (χ0v) is 12.9. The van der Waals surface area contributed by atoms with Gasteiger partial charge in [0.2, 0.25) is 5.91 Å². The van der Waals surface area contributed by atoms with Gasteiger partial charge in [0.05, 0.1) is 5.92 Å². The number of Topliss-reactive ketones (excluding diaryl/α,β-unsaturated/α-hetero) is 1. The highest BCUT2D eigenvalue weighted by atomic mass is 79.9. The minimum absolute atomic E-state index is 0.0384. The van der Waals surface area contributed by atoms with Crippen molar-refractivity contribution in [2.75, 3.05) is 11.4 Å². The highest BCUT2D eigenvalue weighted by Gasteiger charge is 2.34. The minimum Gasteiger partial charge on any atom is -0.312 e. The first-order valence-electron chi connectivity index (χ1n) is 6.64. The Bertz CT molecular complexity index is 513. The molecule has 0 aromatic heterocycles. The fourth-order valence-electron chi connectivity index (χ4n) is 2.58. The molecule has 1 aromatic carbocycles. The molecule has 0 saturated carbocycles. The molecule has 0 unspecified atom stereocenters. The molecule has 0 bridgehead atoms. The van der Waals surface area contributed by atoms with Crippen molar-refractivity contribution in [3.63, 3.8) is 0 Å². The summed E-state index contributed by atoms with van der Waals surface area (Å²) in [5, 5.41) is 0. The van der Waals surface area contributed by atoms with Crippen LogP contribution < -0.4 is 4.90 Å². The number of carbonyl (C=O) groups is 2. The monoisotopic (exact) mass is 323 g/mol. The van der Waals surface area contributed by atoms with Crippen LogP contribution in [0.5, 0.6) is 0 Å². The molecular weight excluding hydrogens is 306 g/mol. The molecule has 1 fully saturated rings. The fourth-order valence-corrected chi connectivity index (χ4v) is 3.06. The SMILES string of the molecule is CCC(=O)[C@H]1CCCN(c2ccc(Br)cc2C)C1=O. The summed E-state index contributed by atoms with van der Waals surface area (Å²) in [6.45, 7) is 4.51. The Hall–Kier alpha value is -1.16. The second-order valence-electron chi connectivity index (χ2n) is 4.94. The molecular formula is C15H18BrNO2. The molecule has 0 N–H and O–H groups in total. The molecule has 1 heterocycles. The standard InChI is InChI=1S/C15H18BrNO2/c1-3-14(18)12-5-4-8-17(15(12)19)13-7-6-11(16)9-10(13)2/h6-7,9,12H,3-5,8H2,1-2H3/t12-/m1/s1. The van der Waals surface area contributed by atoms with E-state index in [1.807, 2.05) is 32.0 Å². The third kappa shape index (κ3) is 2.89. The summed E-state index contributed by atoms with van der Waals surface area (Å²) < 4.78 is 0.999. The summed E-state index contributed by atoms with van der Waals surface area (Å²) >= 11 is 3.42. The van der Waals surface area contributed by atoms with Gasteiger partial charge in [0, 0.05) is 23.1 Å². The molecule has 102 valence electrons. The Morgan fingerprint density at radius 2 is 2.21 bits per heavy atom. The molecule has 0 aliphatic carbocycles. The molecule has 1 aromatic rings. The van der Waals surface area contributed by atoms with Gasteiger partial charge in [0.15, 0.2) is 0 Å². The van der Waals surface area contributed by atoms with E-state index < -0.39 is 5.92 Å². The Kier molecular flexibility index (Phi) is 4.40. The van der Waals surface area contributed by atoms with Crippen LogP contribution in [0.15, 0.2) is 22.7 Å². The Labute approximate surface area is 122 Å². The van der Waals surface area contributed by atoms with E-state index in [9.17, 15) is 9.59 Å². The second kappa shape index (κ2) is 5.87. The number of rotatable bonds is 3. The molecule has 2 rings (SSSR count). The Balaban J connectivity index is 2.29. The van der Waals surface area contributed by atoms with Gasteiger partial charge in [-0.1, -0.05) is 22.9 Å². The number of halogens is 1. The zero-order chi connectivity index (χ0) is 14.0. The number of piperidine rings is 1. The molecule has 1 amide bonds. The number of hydrogen-bond acceptors (Lipinski definition) is 2. The maximum atomic E-state index is 12.5. The summed E-state index contributed by atoms with van der Waals surface area (Å²) in [4.78, 5) is 26.1. The lowest BCUT2D eigenvalue weighted by Gasteiger charge is -2.32. The maximum Gasteiger partial charge on any atom is 0.237 e. The molecule has 1 saturated heterocycles. The lowest BCUT2D eigenvalue weighted by Crippen LogP contribution is -2.44. The quantitative estimate of drug-likeness (QED) is 0.798. The first kappa shape index (κ1) is 14.3. The van der Waals surface area contributed by atoms with Crippen molar-refractivity contribution in [2.45, 2.75) is 33.1 Å². The molecule has 1 aliphatic heterocycles. The van der Waals surface area contributed by atoms with Crippen molar-refractivity contribution in [3.05, 3.63) is 28.2 Å². The van der Waals surface area contributed by atoms with E-state index in [-0.39, 0.29) is 11.7 Å². The predicted molar refractivity (Wildman–Crippen MR) is 79.3 cm³/mol. The number of aryl methyl sites for hydroxylation is 1. The van der Waals surface area contributed by atoms with Crippen LogP contribution in [0.1, 0.15) is 31.7 Å². The molecule has 4 heteroatoms. The van der Waals surface area contributed by atoms with E-state index in [4.69, 9.17) is 0 Å². The van der Waals surface area contributed by atoms with Gasteiger partial charge in [0.25, 0.3) is 0 Å².